The monoisotopic (exact) mass is 329 g/mol. The molecule has 0 aromatic heterocycles. The Morgan fingerprint density at radius 3 is 1.74 bits per heavy atom. The molecule has 0 heterocycles. The number of nitrogens with one attached hydrogen (secondary N) is 1. The Hall–Kier alpha value is -1.79. The average molecular weight is 329 g/mol. The highest BCUT2D eigenvalue weighted by atomic mass is 16.4. The second-order valence-corrected chi connectivity index (χ2v) is 5.73. The summed E-state index contributed by atoms with van der Waals surface area (Å²) in [6.07, 6.45) is 11.5. The van der Waals surface area contributed by atoms with Crippen molar-refractivity contribution in [2.24, 2.45) is 16.5 Å². The molecule has 7 heteroatoms. The van der Waals surface area contributed by atoms with Crippen molar-refractivity contribution in [2.45, 2.75) is 71.1 Å². The van der Waals surface area contributed by atoms with Crippen molar-refractivity contribution >= 4 is 17.9 Å². The number of carbonyl (C=O) groups is 1. The lowest BCUT2D eigenvalue weighted by Crippen LogP contribution is -2.28. The number of guanidine groups is 2. The van der Waals surface area contributed by atoms with Crippen LogP contribution in [-0.2, 0) is 4.79 Å². The number of hydrogen-bond acceptors (Lipinski definition) is 2. The molecule has 0 spiro atoms. The molecule has 0 aliphatic carbocycles. The normalized spacial score (nSPS) is 9.52. The van der Waals surface area contributed by atoms with Crippen LogP contribution in [0.4, 0.5) is 0 Å². The van der Waals surface area contributed by atoms with Gasteiger partial charge >= 0.3 is 5.97 Å². The van der Waals surface area contributed by atoms with Gasteiger partial charge in [0.1, 0.15) is 0 Å². The zero-order valence-corrected chi connectivity index (χ0v) is 15.0. The molecular formula is C16H35N5O2. The van der Waals surface area contributed by atoms with Gasteiger partial charge in [0.05, 0.1) is 0 Å². The van der Waals surface area contributed by atoms with E-state index in [2.05, 4.69) is 11.9 Å². The smallest absolute Gasteiger partial charge is 0.303 e. The van der Waals surface area contributed by atoms with Crippen molar-refractivity contribution in [2.75, 3.05) is 14.1 Å². The minimum atomic E-state index is -0.659. The standard InChI is InChI=1S/C12H24O2.C4H11N5/c1-2-3-4-5-6-7-8-9-10-11-12(13)14;1-9(2)4(7)8-3(5)6/h2-11H2,1H3,(H,13,14);1-2H3,(H5,5,6,7,8). The maximum absolute atomic E-state index is 10.2. The molecule has 0 bridgehead atoms. The van der Waals surface area contributed by atoms with Crippen molar-refractivity contribution in [3.05, 3.63) is 0 Å². The number of aliphatic imine (C=N–C) groups is 1. The van der Waals surface area contributed by atoms with Gasteiger partial charge in [-0.2, -0.15) is 4.99 Å². The van der Waals surface area contributed by atoms with E-state index in [4.69, 9.17) is 22.0 Å². The highest BCUT2D eigenvalue weighted by Gasteiger charge is 1.96. The molecule has 0 radical (unpaired) electrons. The van der Waals surface area contributed by atoms with Crippen molar-refractivity contribution in [3.63, 3.8) is 0 Å². The molecular weight excluding hydrogens is 294 g/mol. The maximum Gasteiger partial charge on any atom is 0.303 e. The van der Waals surface area contributed by atoms with Crippen LogP contribution in [0, 0.1) is 5.41 Å². The molecule has 0 saturated heterocycles. The number of hydrogen-bond donors (Lipinski definition) is 4. The van der Waals surface area contributed by atoms with Crippen LogP contribution < -0.4 is 11.5 Å². The predicted molar refractivity (Wildman–Crippen MR) is 96.7 cm³/mol. The van der Waals surface area contributed by atoms with E-state index >= 15 is 0 Å². The summed E-state index contributed by atoms with van der Waals surface area (Å²) in [6, 6.07) is 0. The first-order chi connectivity index (χ1) is 10.8. The molecule has 7 nitrogen and oxygen atoms in total. The van der Waals surface area contributed by atoms with Crippen LogP contribution in [0.1, 0.15) is 71.1 Å². The fraction of sp³-hybridized carbons (Fsp3) is 0.812. The van der Waals surface area contributed by atoms with E-state index in [0.29, 0.717) is 6.42 Å². The molecule has 0 saturated carbocycles. The van der Waals surface area contributed by atoms with Gasteiger partial charge in [-0.25, -0.2) is 0 Å². The first-order valence-corrected chi connectivity index (χ1v) is 8.38. The first kappa shape index (κ1) is 23.5. The van der Waals surface area contributed by atoms with Crippen molar-refractivity contribution in [3.8, 4) is 0 Å². The molecule has 0 aromatic carbocycles. The fourth-order valence-corrected chi connectivity index (χ4v) is 1.81. The van der Waals surface area contributed by atoms with Crippen LogP contribution in [0.5, 0.6) is 0 Å². The average Bonchev–Trinajstić information content (AvgIpc) is 2.45. The molecule has 0 amide bonds. The molecule has 0 aliphatic rings. The zero-order chi connectivity index (χ0) is 18.1. The SMILES string of the molecule is CCCCCCCCCCCC(=O)O.CN(C)C(=N)N=C(N)N. The summed E-state index contributed by atoms with van der Waals surface area (Å²) in [7, 11) is 3.38. The van der Waals surface area contributed by atoms with Gasteiger partial charge in [-0.1, -0.05) is 58.3 Å². The molecule has 0 atom stereocenters. The molecule has 0 aliphatic heterocycles. The zero-order valence-electron chi connectivity index (χ0n) is 15.0. The van der Waals surface area contributed by atoms with Crippen LogP contribution in [0.25, 0.3) is 0 Å². The lowest BCUT2D eigenvalue weighted by Gasteiger charge is -2.07. The van der Waals surface area contributed by atoms with Gasteiger partial charge in [0, 0.05) is 20.5 Å². The van der Waals surface area contributed by atoms with Crippen LogP contribution >= 0.6 is 0 Å². The molecule has 0 aromatic rings. The van der Waals surface area contributed by atoms with Crippen molar-refractivity contribution in [1.82, 2.24) is 4.90 Å². The second kappa shape index (κ2) is 16.6. The van der Waals surface area contributed by atoms with Crippen molar-refractivity contribution in [1.29, 1.82) is 5.41 Å². The number of carboxylic acid groups (broad SMARTS) is 1. The van der Waals surface area contributed by atoms with E-state index < -0.39 is 5.97 Å². The quantitative estimate of drug-likeness (QED) is 0.278. The highest BCUT2D eigenvalue weighted by Crippen LogP contribution is 2.10. The van der Waals surface area contributed by atoms with E-state index in [1.165, 1.54) is 49.8 Å². The summed E-state index contributed by atoms with van der Waals surface area (Å²) in [5.41, 5.74) is 9.98. The summed E-state index contributed by atoms with van der Waals surface area (Å²) in [5.74, 6) is -0.698. The Morgan fingerprint density at radius 1 is 1.00 bits per heavy atom. The lowest BCUT2D eigenvalue weighted by molar-refractivity contribution is -0.137. The Bertz CT molecular complexity index is 339. The number of carboxylic acids is 1. The first-order valence-electron chi connectivity index (χ1n) is 8.38. The Morgan fingerprint density at radius 2 is 1.43 bits per heavy atom. The topological polar surface area (TPSA) is 129 Å². The van der Waals surface area contributed by atoms with E-state index in [1.54, 1.807) is 14.1 Å². The van der Waals surface area contributed by atoms with Gasteiger partial charge in [0.15, 0.2) is 5.96 Å². The summed E-state index contributed by atoms with van der Waals surface area (Å²) in [5, 5.41) is 15.5. The predicted octanol–water partition coefficient (Wildman–Crippen LogP) is 2.75. The van der Waals surface area contributed by atoms with Crippen LogP contribution in [0.3, 0.4) is 0 Å². The summed E-state index contributed by atoms with van der Waals surface area (Å²) < 4.78 is 0. The lowest BCUT2D eigenvalue weighted by atomic mass is 10.1. The van der Waals surface area contributed by atoms with Gasteiger partial charge < -0.3 is 21.5 Å². The molecule has 23 heavy (non-hydrogen) atoms. The number of aliphatic carboxylic acids is 1. The van der Waals surface area contributed by atoms with E-state index in [1.807, 2.05) is 0 Å². The summed E-state index contributed by atoms with van der Waals surface area (Å²) in [4.78, 5) is 15.2. The molecule has 0 rings (SSSR count). The van der Waals surface area contributed by atoms with Gasteiger partial charge in [-0.05, 0) is 6.42 Å². The van der Waals surface area contributed by atoms with E-state index in [-0.39, 0.29) is 11.9 Å². The maximum atomic E-state index is 10.2. The largest absolute Gasteiger partial charge is 0.481 e. The third-order valence-electron chi connectivity index (χ3n) is 3.15. The van der Waals surface area contributed by atoms with Crippen LogP contribution in [-0.4, -0.2) is 42.0 Å². The third-order valence-corrected chi connectivity index (χ3v) is 3.15. The number of unbranched alkanes of at least 4 members (excludes halogenated alkanes) is 8. The minimum absolute atomic E-state index is 0.0509. The van der Waals surface area contributed by atoms with Crippen molar-refractivity contribution < 1.29 is 9.90 Å². The Labute approximate surface area is 140 Å². The summed E-state index contributed by atoms with van der Waals surface area (Å²) >= 11 is 0. The van der Waals surface area contributed by atoms with Gasteiger partial charge in [0.25, 0.3) is 0 Å². The number of rotatable bonds is 10. The van der Waals surface area contributed by atoms with Crippen LogP contribution in [0.2, 0.25) is 0 Å². The Kier molecular flexibility index (Phi) is 16.9. The van der Waals surface area contributed by atoms with E-state index in [0.717, 1.165) is 12.8 Å². The second-order valence-electron chi connectivity index (χ2n) is 5.73. The molecule has 6 N–H and O–H groups in total. The number of nitrogens with two attached hydrogens (primary N) is 2. The highest BCUT2D eigenvalue weighted by molar-refractivity contribution is 5.91. The Balaban J connectivity index is 0. The van der Waals surface area contributed by atoms with Crippen LogP contribution in [0.15, 0.2) is 4.99 Å². The minimum Gasteiger partial charge on any atom is -0.481 e. The number of nitrogens with zero attached hydrogens (tertiary/aromatic N) is 2. The van der Waals surface area contributed by atoms with Gasteiger partial charge in [-0.3, -0.25) is 10.2 Å². The van der Waals surface area contributed by atoms with Gasteiger partial charge in [-0.15, -0.1) is 0 Å². The van der Waals surface area contributed by atoms with E-state index in [9.17, 15) is 4.79 Å². The molecule has 0 unspecified atom stereocenters. The fourth-order valence-electron chi connectivity index (χ4n) is 1.81. The third kappa shape index (κ3) is 22.6. The molecule has 0 fully saturated rings. The summed E-state index contributed by atoms with van der Waals surface area (Å²) in [6.45, 7) is 2.23. The van der Waals surface area contributed by atoms with Gasteiger partial charge in [0.2, 0.25) is 5.96 Å². The molecule has 136 valence electrons.